The number of hydrogen-bond donors (Lipinski definition) is 2. The van der Waals surface area contributed by atoms with E-state index >= 15 is 0 Å². The van der Waals surface area contributed by atoms with Crippen molar-refractivity contribution in [2.24, 2.45) is 5.92 Å². The predicted octanol–water partition coefficient (Wildman–Crippen LogP) is 1.75. The van der Waals surface area contributed by atoms with Crippen LogP contribution in [0.5, 0.6) is 5.75 Å². The summed E-state index contributed by atoms with van der Waals surface area (Å²) in [6.07, 6.45) is 2.16. The number of rotatable bonds is 3. The normalized spacial score (nSPS) is 27.4. The second kappa shape index (κ2) is 5.73. The first kappa shape index (κ1) is 14.5. The molecule has 1 amide bonds. The van der Waals surface area contributed by atoms with Gasteiger partial charge in [0.25, 0.3) is 5.91 Å². The van der Waals surface area contributed by atoms with Gasteiger partial charge < -0.3 is 20.7 Å². The molecule has 0 aromatic heterocycles. The molecule has 2 bridgehead atoms. The van der Waals surface area contributed by atoms with Crippen LogP contribution in [0.2, 0.25) is 5.02 Å². The number of piperidine rings is 1. The van der Waals surface area contributed by atoms with Crippen molar-refractivity contribution in [3.05, 3.63) is 22.7 Å². The van der Waals surface area contributed by atoms with Gasteiger partial charge in [-0.3, -0.25) is 4.79 Å². The summed E-state index contributed by atoms with van der Waals surface area (Å²) in [6.45, 7) is 3.29. The minimum Gasteiger partial charge on any atom is -0.496 e. The predicted molar refractivity (Wildman–Crippen MR) is 82.8 cm³/mol. The lowest BCUT2D eigenvalue weighted by atomic mass is 9.94. The topological polar surface area (TPSA) is 67.6 Å². The first-order valence-electron chi connectivity index (χ1n) is 7.24. The monoisotopic (exact) mass is 309 g/mol. The van der Waals surface area contributed by atoms with Crippen LogP contribution < -0.4 is 15.8 Å². The summed E-state index contributed by atoms with van der Waals surface area (Å²) in [5.74, 6) is 0.871. The molecule has 2 aliphatic rings. The molecular formula is C15H20ClN3O2. The van der Waals surface area contributed by atoms with Gasteiger partial charge in [0.2, 0.25) is 0 Å². The maximum atomic E-state index is 12.5. The third kappa shape index (κ3) is 2.80. The number of methoxy groups -OCH3 is 1. The Morgan fingerprint density at radius 3 is 2.95 bits per heavy atom. The fraction of sp³-hybridized carbons (Fsp3) is 0.533. The maximum absolute atomic E-state index is 12.5. The molecule has 0 saturated carbocycles. The summed E-state index contributed by atoms with van der Waals surface area (Å²) >= 11 is 6.03. The molecule has 2 saturated heterocycles. The summed E-state index contributed by atoms with van der Waals surface area (Å²) in [4.78, 5) is 15.0. The molecular weight excluding hydrogens is 290 g/mol. The van der Waals surface area contributed by atoms with E-state index in [4.69, 9.17) is 22.1 Å². The Kier molecular flexibility index (Phi) is 3.95. The third-order valence-electron chi connectivity index (χ3n) is 4.51. The zero-order chi connectivity index (χ0) is 15.0. The second-order valence-corrected chi connectivity index (χ2v) is 6.20. The van der Waals surface area contributed by atoms with Gasteiger partial charge in [-0.2, -0.15) is 0 Å². The quantitative estimate of drug-likeness (QED) is 0.835. The molecule has 0 radical (unpaired) electrons. The molecule has 2 fully saturated rings. The van der Waals surface area contributed by atoms with Gasteiger partial charge in [0, 0.05) is 25.2 Å². The van der Waals surface area contributed by atoms with Crippen LogP contribution in [0.4, 0.5) is 5.69 Å². The first-order valence-corrected chi connectivity index (χ1v) is 7.62. The van der Waals surface area contributed by atoms with E-state index < -0.39 is 0 Å². The van der Waals surface area contributed by atoms with Gasteiger partial charge >= 0.3 is 0 Å². The standard InChI is InChI=1S/C15H20ClN3O2/c1-21-14-7-12(17)11(16)6-10(14)15(20)18-13-3-5-19-4-2-9(13)8-19/h6-7,9,13H,2-5,8,17H2,1H3,(H,18,20)/t9-,13+/m0/s1. The van der Waals surface area contributed by atoms with Crippen LogP contribution in [-0.2, 0) is 0 Å². The Balaban J connectivity index is 1.77. The number of fused-ring (bicyclic) bond motifs is 2. The van der Waals surface area contributed by atoms with Crippen LogP contribution in [0, 0.1) is 5.92 Å². The van der Waals surface area contributed by atoms with Crippen molar-refractivity contribution >= 4 is 23.2 Å². The molecule has 1 aromatic carbocycles. The SMILES string of the molecule is COc1cc(N)c(Cl)cc1C(=O)N[C@@H]1CCN2CC[C@H]1C2. The highest BCUT2D eigenvalue weighted by molar-refractivity contribution is 6.33. The Labute approximate surface area is 129 Å². The number of nitrogens with zero attached hydrogens (tertiary/aromatic N) is 1. The van der Waals surface area contributed by atoms with E-state index in [9.17, 15) is 4.79 Å². The summed E-state index contributed by atoms with van der Waals surface area (Å²) in [5, 5.41) is 3.51. The molecule has 3 rings (SSSR count). The summed E-state index contributed by atoms with van der Waals surface area (Å²) in [5.41, 5.74) is 6.60. The molecule has 1 aromatic rings. The molecule has 21 heavy (non-hydrogen) atoms. The van der Waals surface area contributed by atoms with Crippen molar-refractivity contribution in [2.75, 3.05) is 32.5 Å². The van der Waals surface area contributed by atoms with E-state index in [1.54, 1.807) is 12.1 Å². The molecule has 3 N–H and O–H groups in total. The smallest absolute Gasteiger partial charge is 0.255 e. The Morgan fingerprint density at radius 1 is 1.43 bits per heavy atom. The number of ether oxygens (including phenoxy) is 1. The maximum Gasteiger partial charge on any atom is 0.255 e. The number of nitrogens with one attached hydrogen (secondary N) is 1. The van der Waals surface area contributed by atoms with E-state index in [1.165, 1.54) is 7.11 Å². The largest absolute Gasteiger partial charge is 0.496 e. The highest BCUT2D eigenvalue weighted by Gasteiger charge is 2.35. The average molecular weight is 310 g/mol. The molecule has 3 atom stereocenters. The molecule has 6 heteroatoms. The van der Waals surface area contributed by atoms with Gasteiger partial charge in [-0.15, -0.1) is 0 Å². The highest BCUT2D eigenvalue weighted by atomic mass is 35.5. The summed E-state index contributed by atoms with van der Waals surface area (Å²) < 4.78 is 5.25. The molecule has 0 spiro atoms. The summed E-state index contributed by atoms with van der Waals surface area (Å²) in [7, 11) is 1.52. The van der Waals surface area contributed by atoms with Crippen LogP contribution >= 0.6 is 11.6 Å². The lowest BCUT2D eigenvalue weighted by molar-refractivity contribution is 0.0901. The fourth-order valence-electron chi connectivity index (χ4n) is 3.30. The van der Waals surface area contributed by atoms with Crippen molar-refractivity contribution in [1.29, 1.82) is 0 Å². The number of amides is 1. The fourth-order valence-corrected chi connectivity index (χ4v) is 3.47. The number of anilines is 1. The van der Waals surface area contributed by atoms with E-state index in [2.05, 4.69) is 10.2 Å². The molecule has 114 valence electrons. The van der Waals surface area contributed by atoms with Crippen molar-refractivity contribution in [1.82, 2.24) is 10.2 Å². The van der Waals surface area contributed by atoms with Gasteiger partial charge in [0.05, 0.1) is 23.4 Å². The number of benzene rings is 1. The Morgan fingerprint density at radius 2 is 2.19 bits per heavy atom. The first-order chi connectivity index (χ1) is 10.1. The number of halogens is 1. The minimum atomic E-state index is -0.140. The average Bonchev–Trinajstić information content (AvgIpc) is 2.87. The molecule has 2 aliphatic heterocycles. The molecule has 2 heterocycles. The minimum absolute atomic E-state index is 0.140. The van der Waals surface area contributed by atoms with Crippen LogP contribution in [0.25, 0.3) is 0 Å². The van der Waals surface area contributed by atoms with Crippen LogP contribution in [0.3, 0.4) is 0 Å². The van der Waals surface area contributed by atoms with Gasteiger partial charge in [-0.05, 0) is 31.4 Å². The number of nitrogens with two attached hydrogens (primary N) is 1. The van der Waals surface area contributed by atoms with Gasteiger partial charge in [-0.25, -0.2) is 0 Å². The summed E-state index contributed by atoms with van der Waals surface area (Å²) in [6, 6.07) is 3.40. The Hall–Kier alpha value is -1.46. The van der Waals surface area contributed by atoms with Crippen LogP contribution in [0.15, 0.2) is 12.1 Å². The number of hydrogen-bond acceptors (Lipinski definition) is 4. The van der Waals surface area contributed by atoms with Gasteiger partial charge in [0.1, 0.15) is 5.75 Å². The Bertz CT molecular complexity index is 564. The lowest BCUT2D eigenvalue weighted by Crippen LogP contribution is -2.46. The van der Waals surface area contributed by atoms with Crippen molar-refractivity contribution in [3.8, 4) is 5.75 Å². The lowest BCUT2D eigenvalue weighted by Gasteiger charge is -2.31. The third-order valence-corrected chi connectivity index (χ3v) is 4.84. The van der Waals surface area contributed by atoms with E-state index in [0.29, 0.717) is 27.9 Å². The molecule has 5 nitrogen and oxygen atoms in total. The van der Waals surface area contributed by atoms with E-state index in [-0.39, 0.29) is 11.9 Å². The molecule has 1 unspecified atom stereocenters. The van der Waals surface area contributed by atoms with E-state index in [0.717, 1.165) is 32.5 Å². The number of carbonyl (C=O) groups is 1. The second-order valence-electron chi connectivity index (χ2n) is 5.79. The van der Waals surface area contributed by atoms with Gasteiger partial charge in [0.15, 0.2) is 0 Å². The van der Waals surface area contributed by atoms with Crippen LogP contribution in [-0.4, -0.2) is 43.6 Å². The van der Waals surface area contributed by atoms with Crippen LogP contribution in [0.1, 0.15) is 23.2 Å². The van der Waals surface area contributed by atoms with E-state index in [1.807, 2.05) is 0 Å². The molecule has 0 aliphatic carbocycles. The zero-order valence-corrected chi connectivity index (χ0v) is 12.8. The van der Waals surface area contributed by atoms with Crippen molar-refractivity contribution in [2.45, 2.75) is 18.9 Å². The highest BCUT2D eigenvalue weighted by Crippen LogP contribution is 2.30. The number of nitrogen functional groups attached to an aromatic ring is 1. The zero-order valence-electron chi connectivity index (χ0n) is 12.1. The number of carbonyl (C=O) groups excluding carboxylic acids is 1. The van der Waals surface area contributed by atoms with Crippen molar-refractivity contribution < 1.29 is 9.53 Å². The van der Waals surface area contributed by atoms with Crippen molar-refractivity contribution in [3.63, 3.8) is 0 Å². The van der Waals surface area contributed by atoms with Gasteiger partial charge in [-0.1, -0.05) is 11.6 Å².